The van der Waals surface area contributed by atoms with Gasteiger partial charge in [0.1, 0.15) is 5.76 Å². The molecule has 0 aliphatic heterocycles. The maximum absolute atomic E-state index is 12.4. The van der Waals surface area contributed by atoms with E-state index in [9.17, 15) is 4.79 Å². The molecule has 0 radical (unpaired) electrons. The number of hydrogen-bond donors (Lipinski definition) is 1. The summed E-state index contributed by atoms with van der Waals surface area (Å²) in [6, 6.07) is 7.41. The van der Waals surface area contributed by atoms with Crippen molar-refractivity contribution in [1.82, 2.24) is 25.4 Å². The average molecular weight is 326 g/mol. The molecule has 0 saturated heterocycles. The molecule has 1 N–H and O–H groups in total. The standard InChI is InChI=1S/C16H18N6O2/c1-4-15-18-20-21-22(15)14-8-6-5-7-13(14)17-16(23)9-12-10(2)19-24-11(12)3/h5-8H,4,9H2,1-3H3,(H,17,23). The molecule has 0 unspecified atom stereocenters. The number of anilines is 1. The zero-order chi connectivity index (χ0) is 17.1. The maximum atomic E-state index is 12.4. The second kappa shape index (κ2) is 6.61. The summed E-state index contributed by atoms with van der Waals surface area (Å²) in [5.41, 5.74) is 2.91. The third-order valence-electron chi connectivity index (χ3n) is 3.78. The van der Waals surface area contributed by atoms with E-state index in [0.29, 0.717) is 17.9 Å². The Bertz CT molecular complexity index is 848. The molecule has 0 fully saturated rings. The summed E-state index contributed by atoms with van der Waals surface area (Å²) in [7, 11) is 0. The number of tetrazole rings is 1. The Morgan fingerprint density at radius 1 is 1.29 bits per heavy atom. The molecule has 8 heteroatoms. The Hall–Kier alpha value is -3.03. The van der Waals surface area contributed by atoms with E-state index in [1.807, 2.05) is 38.1 Å². The molecule has 1 aromatic carbocycles. The Kier molecular flexibility index (Phi) is 4.37. The van der Waals surface area contributed by atoms with Crippen molar-refractivity contribution in [2.75, 3.05) is 5.32 Å². The van der Waals surface area contributed by atoms with Crippen LogP contribution in [0.5, 0.6) is 0 Å². The minimum absolute atomic E-state index is 0.150. The van der Waals surface area contributed by atoms with Gasteiger partial charge in [-0.3, -0.25) is 4.79 Å². The van der Waals surface area contributed by atoms with Crippen molar-refractivity contribution in [2.45, 2.75) is 33.6 Å². The van der Waals surface area contributed by atoms with Gasteiger partial charge in [0.15, 0.2) is 5.82 Å². The smallest absolute Gasteiger partial charge is 0.229 e. The molecule has 1 amide bonds. The number of nitrogens with one attached hydrogen (secondary N) is 1. The molecular formula is C16H18N6O2. The Balaban J connectivity index is 1.85. The van der Waals surface area contributed by atoms with Crippen LogP contribution in [0.2, 0.25) is 0 Å². The van der Waals surface area contributed by atoms with Gasteiger partial charge in [-0.2, -0.15) is 4.68 Å². The van der Waals surface area contributed by atoms with E-state index < -0.39 is 0 Å². The largest absolute Gasteiger partial charge is 0.361 e. The van der Waals surface area contributed by atoms with Crippen LogP contribution in [-0.2, 0) is 17.6 Å². The molecule has 0 bridgehead atoms. The summed E-state index contributed by atoms with van der Waals surface area (Å²) in [5, 5.41) is 18.5. The zero-order valence-corrected chi connectivity index (χ0v) is 13.8. The van der Waals surface area contributed by atoms with E-state index in [2.05, 4.69) is 26.0 Å². The summed E-state index contributed by atoms with van der Waals surface area (Å²) < 4.78 is 6.73. The number of para-hydroxylation sites is 2. The zero-order valence-electron chi connectivity index (χ0n) is 13.8. The average Bonchev–Trinajstić information content (AvgIpc) is 3.17. The van der Waals surface area contributed by atoms with Crippen LogP contribution >= 0.6 is 0 Å². The lowest BCUT2D eigenvalue weighted by atomic mass is 10.1. The molecule has 3 rings (SSSR count). The molecule has 8 nitrogen and oxygen atoms in total. The first-order chi connectivity index (χ1) is 11.6. The van der Waals surface area contributed by atoms with Crippen LogP contribution in [0, 0.1) is 13.8 Å². The van der Waals surface area contributed by atoms with Crippen molar-refractivity contribution >= 4 is 11.6 Å². The molecular weight excluding hydrogens is 308 g/mol. The lowest BCUT2D eigenvalue weighted by Crippen LogP contribution is -2.17. The third kappa shape index (κ3) is 3.03. The second-order valence-corrected chi connectivity index (χ2v) is 5.41. The lowest BCUT2D eigenvalue weighted by Gasteiger charge is -2.11. The fourth-order valence-corrected chi connectivity index (χ4v) is 2.49. The van der Waals surface area contributed by atoms with E-state index >= 15 is 0 Å². The van der Waals surface area contributed by atoms with Crippen molar-refractivity contribution in [2.24, 2.45) is 0 Å². The van der Waals surface area contributed by atoms with Gasteiger partial charge in [0.05, 0.1) is 23.5 Å². The minimum atomic E-state index is -0.150. The lowest BCUT2D eigenvalue weighted by molar-refractivity contribution is -0.115. The third-order valence-corrected chi connectivity index (χ3v) is 3.78. The van der Waals surface area contributed by atoms with Crippen molar-refractivity contribution in [1.29, 1.82) is 0 Å². The highest BCUT2D eigenvalue weighted by molar-refractivity contribution is 5.94. The van der Waals surface area contributed by atoms with E-state index in [-0.39, 0.29) is 12.3 Å². The SMILES string of the molecule is CCc1nnnn1-c1ccccc1NC(=O)Cc1c(C)noc1C. The molecule has 2 heterocycles. The maximum Gasteiger partial charge on any atom is 0.229 e. The first-order valence-electron chi connectivity index (χ1n) is 7.68. The van der Waals surface area contributed by atoms with Gasteiger partial charge in [-0.05, 0) is 36.4 Å². The number of carbonyl (C=O) groups excluding carboxylic acids is 1. The van der Waals surface area contributed by atoms with Crippen LogP contribution in [0.3, 0.4) is 0 Å². The molecule has 3 aromatic rings. The van der Waals surface area contributed by atoms with E-state index in [1.54, 1.807) is 11.6 Å². The van der Waals surface area contributed by atoms with Gasteiger partial charge < -0.3 is 9.84 Å². The summed E-state index contributed by atoms with van der Waals surface area (Å²) in [5.74, 6) is 1.23. The number of carbonyl (C=O) groups is 1. The van der Waals surface area contributed by atoms with Crippen molar-refractivity contribution in [3.8, 4) is 5.69 Å². The number of benzene rings is 1. The van der Waals surface area contributed by atoms with Crippen LogP contribution in [0.1, 0.15) is 29.8 Å². The van der Waals surface area contributed by atoms with Crippen LogP contribution in [0.25, 0.3) is 5.69 Å². The van der Waals surface area contributed by atoms with E-state index in [0.717, 1.165) is 22.8 Å². The highest BCUT2D eigenvalue weighted by Crippen LogP contribution is 2.21. The normalized spacial score (nSPS) is 10.8. The molecule has 0 aliphatic carbocycles. The van der Waals surface area contributed by atoms with Gasteiger partial charge in [-0.1, -0.05) is 24.2 Å². The van der Waals surface area contributed by atoms with Gasteiger partial charge in [-0.15, -0.1) is 5.10 Å². The molecule has 0 aliphatic rings. The summed E-state index contributed by atoms with van der Waals surface area (Å²) >= 11 is 0. The van der Waals surface area contributed by atoms with E-state index in [4.69, 9.17) is 4.52 Å². The predicted octanol–water partition coefficient (Wildman–Crippen LogP) is 2.01. The predicted molar refractivity (Wildman–Crippen MR) is 86.8 cm³/mol. The number of aromatic nitrogens is 5. The number of aryl methyl sites for hydroxylation is 3. The highest BCUT2D eigenvalue weighted by atomic mass is 16.5. The quantitative estimate of drug-likeness (QED) is 0.770. The molecule has 0 saturated carbocycles. The Morgan fingerprint density at radius 3 is 2.79 bits per heavy atom. The summed E-state index contributed by atoms with van der Waals surface area (Å²) in [4.78, 5) is 12.4. The fourth-order valence-electron chi connectivity index (χ4n) is 2.49. The minimum Gasteiger partial charge on any atom is -0.361 e. The van der Waals surface area contributed by atoms with Gasteiger partial charge in [0, 0.05) is 12.0 Å². The summed E-state index contributed by atoms with van der Waals surface area (Å²) in [6.45, 7) is 5.59. The summed E-state index contributed by atoms with van der Waals surface area (Å²) in [6.07, 6.45) is 0.889. The van der Waals surface area contributed by atoms with Crippen molar-refractivity contribution < 1.29 is 9.32 Å². The number of amides is 1. The molecule has 24 heavy (non-hydrogen) atoms. The number of nitrogens with zero attached hydrogens (tertiary/aromatic N) is 5. The van der Waals surface area contributed by atoms with Gasteiger partial charge in [0.25, 0.3) is 0 Å². The monoisotopic (exact) mass is 326 g/mol. The topological polar surface area (TPSA) is 98.7 Å². The van der Waals surface area contributed by atoms with Crippen molar-refractivity contribution in [3.63, 3.8) is 0 Å². The molecule has 0 spiro atoms. The van der Waals surface area contributed by atoms with Gasteiger partial charge >= 0.3 is 0 Å². The fraction of sp³-hybridized carbons (Fsp3) is 0.312. The first-order valence-corrected chi connectivity index (χ1v) is 7.68. The van der Waals surface area contributed by atoms with Crippen LogP contribution in [-0.4, -0.2) is 31.3 Å². The van der Waals surface area contributed by atoms with Crippen molar-refractivity contribution in [3.05, 3.63) is 47.1 Å². The first kappa shape index (κ1) is 15.9. The highest BCUT2D eigenvalue weighted by Gasteiger charge is 2.16. The molecule has 0 atom stereocenters. The Morgan fingerprint density at radius 2 is 2.08 bits per heavy atom. The number of rotatable bonds is 5. The molecule has 124 valence electrons. The Labute approximate surface area is 138 Å². The van der Waals surface area contributed by atoms with E-state index in [1.165, 1.54) is 0 Å². The second-order valence-electron chi connectivity index (χ2n) is 5.41. The molecule has 2 aromatic heterocycles. The van der Waals surface area contributed by atoms with Crippen LogP contribution in [0.15, 0.2) is 28.8 Å². The van der Waals surface area contributed by atoms with Gasteiger partial charge in [0.2, 0.25) is 5.91 Å². The number of hydrogen-bond acceptors (Lipinski definition) is 6. The van der Waals surface area contributed by atoms with Gasteiger partial charge in [-0.25, -0.2) is 0 Å². The van der Waals surface area contributed by atoms with Crippen LogP contribution in [0.4, 0.5) is 5.69 Å². The van der Waals surface area contributed by atoms with Crippen LogP contribution < -0.4 is 5.32 Å².